The standard InChI is InChI=1S/C13H11ClF4N2O/c1-21-10-5-9-8(4-7(10)15)19-11(6-14)20(9)12(2-3-12)13(16,17)18/h4-5H,2-3,6H2,1H3. The Morgan fingerprint density at radius 1 is 1.38 bits per heavy atom. The summed E-state index contributed by atoms with van der Waals surface area (Å²) in [5.74, 6) is -0.902. The van der Waals surface area contributed by atoms with Crippen LogP contribution in [0, 0.1) is 5.82 Å². The van der Waals surface area contributed by atoms with Gasteiger partial charge in [-0.1, -0.05) is 0 Å². The van der Waals surface area contributed by atoms with Crippen LogP contribution in [0.4, 0.5) is 17.6 Å². The second kappa shape index (κ2) is 4.50. The fourth-order valence-electron chi connectivity index (χ4n) is 2.60. The Morgan fingerprint density at radius 2 is 2.05 bits per heavy atom. The van der Waals surface area contributed by atoms with Crippen LogP contribution in [0.5, 0.6) is 5.75 Å². The van der Waals surface area contributed by atoms with Gasteiger partial charge in [-0.2, -0.15) is 13.2 Å². The highest BCUT2D eigenvalue weighted by molar-refractivity contribution is 6.16. The van der Waals surface area contributed by atoms with Crippen molar-refractivity contribution in [2.45, 2.75) is 30.4 Å². The number of fused-ring (bicyclic) bond motifs is 1. The maximum atomic E-state index is 13.7. The molecule has 1 aliphatic carbocycles. The predicted molar refractivity (Wildman–Crippen MR) is 69.1 cm³/mol. The van der Waals surface area contributed by atoms with Crippen LogP contribution in [0.1, 0.15) is 18.7 Å². The van der Waals surface area contributed by atoms with E-state index >= 15 is 0 Å². The molecule has 0 N–H and O–H groups in total. The molecule has 114 valence electrons. The zero-order valence-corrected chi connectivity index (χ0v) is 11.7. The number of benzene rings is 1. The Kier molecular flexibility index (Phi) is 3.09. The third-order valence-electron chi connectivity index (χ3n) is 3.80. The summed E-state index contributed by atoms with van der Waals surface area (Å²) in [4.78, 5) is 4.02. The summed E-state index contributed by atoms with van der Waals surface area (Å²) >= 11 is 5.73. The molecule has 1 saturated carbocycles. The number of halogens is 5. The first kappa shape index (κ1) is 14.4. The van der Waals surface area contributed by atoms with Crippen molar-refractivity contribution in [3.63, 3.8) is 0 Å². The summed E-state index contributed by atoms with van der Waals surface area (Å²) in [7, 11) is 1.25. The van der Waals surface area contributed by atoms with Crippen molar-refractivity contribution in [3.8, 4) is 5.75 Å². The number of imidazole rings is 1. The molecule has 21 heavy (non-hydrogen) atoms. The van der Waals surface area contributed by atoms with E-state index in [4.69, 9.17) is 16.3 Å². The summed E-state index contributed by atoms with van der Waals surface area (Å²) in [6.45, 7) is 0. The van der Waals surface area contributed by atoms with Gasteiger partial charge in [-0.3, -0.25) is 0 Å². The molecule has 1 aliphatic rings. The Balaban J connectivity index is 2.31. The van der Waals surface area contributed by atoms with Gasteiger partial charge in [0.25, 0.3) is 0 Å². The van der Waals surface area contributed by atoms with Gasteiger partial charge < -0.3 is 9.30 Å². The van der Waals surface area contributed by atoms with Crippen molar-refractivity contribution < 1.29 is 22.3 Å². The largest absolute Gasteiger partial charge is 0.494 e. The van der Waals surface area contributed by atoms with Gasteiger partial charge in [-0.15, -0.1) is 11.6 Å². The van der Waals surface area contributed by atoms with Gasteiger partial charge in [-0.05, 0) is 12.8 Å². The normalized spacial score (nSPS) is 17.2. The van der Waals surface area contributed by atoms with Crippen LogP contribution < -0.4 is 4.74 Å². The minimum atomic E-state index is -4.41. The van der Waals surface area contributed by atoms with Crippen LogP contribution in [0.15, 0.2) is 12.1 Å². The monoisotopic (exact) mass is 322 g/mol. The smallest absolute Gasteiger partial charge is 0.412 e. The molecule has 1 fully saturated rings. The van der Waals surface area contributed by atoms with Gasteiger partial charge in [0, 0.05) is 12.1 Å². The predicted octanol–water partition coefficient (Wildman–Crippen LogP) is 3.97. The number of methoxy groups -OCH3 is 1. The van der Waals surface area contributed by atoms with Gasteiger partial charge in [0.05, 0.1) is 24.0 Å². The van der Waals surface area contributed by atoms with Crippen LogP contribution in [0.25, 0.3) is 11.0 Å². The van der Waals surface area contributed by atoms with E-state index < -0.39 is 17.5 Å². The van der Waals surface area contributed by atoms with Crippen molar-refractivity contribution >= 4 is 22.6 Å². The minimum Gasteiger partial charge on any atom is -0.494 e. The Bertz CT molecular complexity index is 706. The van der Waals surface area contributed by atoms with Crippen LogP contribution in [-0.2, 0) is 11.4 Å². The molecule has 8 heteroatoms. The first-order valence-electron chi connectivity index (χ1n) is 6.22. The average Bonchev–Trinajstić information content (AvgIpc) is 3.14. The molecule has 1 aromatic carbocycles. The number of ether oxygens (including phenoxy) is 1. The van der Waals surface area contributed by atoms with Crippen molar-refractivity contribution in [1.29, 1.82) is 0 Å². The molecule has 3 rings (SSSR count). The quantitative estimate of drug-likeness (QED) is 0.631. The number of hydrogen-bond donors (Lipinski definition) is 0. The maximum Gasteiger partial charge on any atom is 0.412 e. The van der Waals surface area contributed by atoms with E-state index in [1.807, 2.05) is 0 Å². The zero-order valence-electron chi connectivity index (χ0n) is 11.0. The molecule has 1 heterocycles. The number of hydrogen-bond acceptors (Lipinski definition) is 2. The number of alkyl halides is 4. The van der Waals surface area contributed by atoms with Crippen LogP contribution >= 0.6 is 11.6 Å². The van der Waals surface area contributed by atoms with Gasteiger partial charge >= 0.3 is 6.18 Å². The van der Waals surface area contributed by atoms with Crippen LogP contribution in [0.2, 0.25) is 0 Å². The molecule has 0 aliphatic heterocycles. The van der Waals surface area contributed by atoms with Crippen molar-refractivity contribution in [3.05, 3.63) is 23.8 Å². The first-order chi connectivity index (χ1) is 9.84. The van der Waals surface area contributed by atoms with Crippen LogP contribution in [0.3, 0.4) is 0 Å². The number of nitrogens with zero attached hydrogens (tertiary/aromatic N) is 2. The third-order valence-corrected chi connectivity index (χ3v) is 4.04. The third kappa shape index (κ3) is 1.97. The maximum absolute atomic E-state index is 13.7. The topological polar surface area (TPSA) is 27.1 Å². The molecule has 0 spiro atoms. The summed E-state index contributed by atoms with van der Waals surface area (Å²) in [6.07, 6.45) is -4.49. The molecule has 0 unspecified atom stereocenters. The SMILES string of the molecule is COc1cc2c(cc1F)nc(CCl)n2C1(C(F)(F)F)CC1. The molecule has 0 radical (unpaired) electrons. The molecule has 2 aromatic rings. The second-order valence-corrected chi connectivity index (χ2v) is 5.27. The summed E-state index contributed by atoms with van der Waals surface area (Å²) in [5, 5.41) is 0. The number of aromatic nitrogens is 2. The summed E-state index contributed by atoms with van der Waals surface area (Å²) in [6, 6.07) is 2.30. The van der Waals surface area contributed by atoms with Crippen molar-refractivity contribution in [2.24, 2.45) is 0 Å². The first-order valence-corrected chi connectivity index (χ1v) is 6.75. The van der Waals surface area contributed by atoms with Crippen molar-refractivity contribution in [2.75, 3.05) is 7.11 Å². The molecule has 3 nitrogen and oxygen atoms in total. The highest BCUT2D eigenvalue weighted by Gasteiger charge is 2.65. The highest BCUT2D eigenvalue weighted by Crippen LogP contribution is 2.57. The summed E-state index contributed by atoms with van der Waals surface area (Å²) < 4.78 is 59.7. The molecule has 0 bridgehead atoms. The van der Waals surface area contributed by atoms with E-state index in [-0.39, 0.29) is 41.3 Å². The van der Waals surface area contributed by atoms with E-state index in [2.05, 4.69) is 4.98 Å². The Hall–Kier alpha value is -1.50. The van der Waals surface area contributed by atoms with Crippen molar-refractivity contribution in [1.82, 2.24) is 9.55 Å². The lowest BCUT2D eigenvalue weighted by molar-refractivity contribution is -0.179. The van der Waals surface area contributed by atoms with Gasteiger partial charge in [0.1, 0.15) is 11.4 Å². The Labute approximate surface area is 122 Å². The molecule has 0 atom stereocenters. The highest BCUT2D eigenvalue weighted by atomic mass is 35.5. The minimum absolute atomic E-state index is 0.0362. The molecule has 0 saturated heterocycles. The molecular weight excluding hydrogens is 312 g/mol. The lowest BCUT2D eigenvalue weighted by Crippen LogP contribution is -2.35. The molecular formula is C13H11ClF4N2O. The van der Waals surface area contributed by atoms with E-state index in [1.54, 1.807) is 0 Å². The fraction of sp³-hybridized carbons (Fsp3) is 0.462. The molecule has 1 aromatic heterocycles. The van der Waals surface area contributed by atoms with Gasteiger partial charge in [0.2, 0.25) is 0 Å². The fourth-order valence-corrected chi connectivity index (χ4v) is 2.78. The van der Waals surface area contributed by atoms with E-state index in [0.29, 0.717) is 0 Å². The van der Waals surface area contributed by atoms with E-state index in [0.717, 1.165) is 10.6 Å². The molecule has 0 amide bonds. The second-order valence-electron chi connectivity index (χ2n) is 5.00. The van der Waals surface area contributed by atoms with Gasteiger partial charge in [-0.25, -0.2) is 9.37 Å². The Morgan fingerprint density at radius 3 is 2.52 bits per heavy atom. The van der Waals surface area contributed by atoms with Gasteiger partial charge in [0.15, 0.2) is 11.6 Å². The lowest BCUT2D eigenvalue weighted by Gasteiger charge is -2.23. The van der Waals surface area contributed by atoms with Crippen LogP contribution in [-0.4, -0.2) is 22.8 Å². The zero-order chi connectivity index (χ0) is 15.4. The van der Waals surface area contributed by atoms with E-state index in [9.17, 15) is 17.6 Å². The van der Waals surface area contributed by atoms with E-state index in [1.165, 1.54) is 13.2 Å². The summed E-state index contributed by atoms with van der Waals surface area (Å²) in [5.41, 5.74) is -1.67. The number of rotatable bonds is 3. The lowest BCUT2D eigenvalue weighted by atomic mass is 10.2. The average molecular weight is 323 g/mol.